The number of hydrogen-bond donors (Lipinski definition) is 1. The Balaban J connectivity index is 1.64. The molecule has 2 heterocycles. The minimum Gasteiger partial charge on any atom is -0.444 e. The van der Waals surface area contributed by atoms with Gasteiger partial charge in [0.2, 0.25) is 11.8 Å². The molecule has 1 saturated heterocycles. The van der Waals surface area contributed by atoms with E-state index >= 15 is 0 Å². The number of likely N-dealkylation sites (N-methyl/N-ethyl adjacent to an activating group) is 1. The molecule has 0 aliphatic carbocycles. The molecule has 1 aliphatic heterocycles. The Morgan fingerprint density at radius 2 is 2.22 bits per heavy atom. The summed E-state index contributed by atoms with van der Waals surface area (Å²) in [6.45, 7) is 1.58. The van der Waals surface area contributed by atoms with Crippen LogP contribution in [0.4, 0.5) is 0 Å². The first-order chi connectivity index (χ1) is 11.2. The fourth-order valence-electron chi connectivity index (χ4n) is 2.82. The van der Waals surface area contributed by atoms with E-state index in [1.807, 2.05) is 24.1 Å². The second-order valence-corrected chi connectivity index (χ2v) is 6.23. The lowest BCUT2D eigenvalue weighted by Gasteiger charge is -2.32. The first-order valence-electron chi connectivity index (χ1n) is 7.81. The van der Waals surface area contributed by atoms with E-state index in [2.05, 4.69) is 10.3 Å². The number of carbonyl (C=O) groups excluding carboxylic acids is 1. The van der Waals surface area contributed by atoms with Gasteiger partial charge in [0.15, 0.2) is 0 Å². The van der Waals surface area contributed by atoms with Gasteiger partial charge in [-0.2, -0.15) is 0 Å². The monoisotopic (exact) mass is 333 g/mol. The van der Waals surface area contributed by atoms with E-state index in [0.717, 1.165) is 31.5 Å². The van der Waals surface area contributed by atoms with Gasteiger partial charge >= 0.3 is 0 Å². The molecule has 0 spiro atoms. The molecule has 0 saturated carbocycles. The molecule has 0 radical (unpaired) electrons. The summed E-state index contributed by atoms with van der Waals surface area (Å²) in [7, 11) is 1.94. The van der Waals surface area contributed by atoms with Crippen molar-refractivity contribution in [1.29, 1.82) is 0 Å². The van der Waals surface area contributed by atoms with Gasteiger partial charge in [-0.3, -0.25) is 4.79 Å². The smallest absolute Gasteiger partial charge is 0.228 e. The molecular formula is C17H20ClN3O2. The molecule has 5 nitrogen and oxygen atoms in total. The van der Waals surface area contributed by atoms with Crippen LogP contribution in [0.1, 0.15) is 18.5 Å². The van der Waals surface area contributed by atoms with Crippen LogP contribution in [0.5, 0.6) is 0 Å². The fourth-order valence-corrected chi connectivity index (χ4v) is 2.95. The standard InChI is InChI=1S/C17H20ClN3O2/c1-19-14-3-2-8-21(10-14)16(22)9-15-11-23-17(20-15)12-4-6-13(18)7-5-12/h4-7,11,14,19H,2-3,8-10H2,1H3. The van der Waals surface area contributed by atoms with Crippen molar-refractivity contribution in [3.05, 3.63) is 41.2 Å². The third-order valence-corrected chi connectivity index (χ3v) is 4.41. The number of aromatic nitrogens is 1. The zero-order valence-electron chi connectivity index (χ0n) is 13.1. The number of likely N-dealkylation sites (tertiary alicyclic amines) is 1. The highest BCUT2D eigenvalue weighted by molar-refractivity contribution is 6.30. The highest BCUT2D eigenvalue weighted by atomic mass is 35.5. The quantitative estimate of drug-likeness (QED) is 0.934. The summed E-state index contributed by atoms with van der Waals surface area (Å²) in [5, 5.41) is 3.91. The Bertz CT molecular complexity index is 669. The molecule has 1 unspecified atom stereocenters. The van der Waals surface area contributed by atoms with Crippen molar-refractivity contribution < 1.29 is 9.21 Å². The van der Waals surface area contributed by atoms with Crippen LogP contribution in [0, 0.1) is 0 Å². The number of oxazole rings is 1. The maximum Gasteiger partial charge on any atom is 0.228 e. The molecule has 3 rings (SSSR count). The van der Waals surface area contributed by atoms with Crippen LogP contribution in [0.15, 0.2) is 34.9 Å². The molecule has 1 aromatic carbocycles. The van der Waals surface area contributed by atoms with Gasteiger partial charge in [0.05, 0.1) is 12.1 Å². The van der Waals surface area contributed by atoms with Crippen molar-refractivity contribution in [3.8, 4) is 11.5 Å². The molecule has 23 heavy (non-hydrogen) atoms. The molecule has 1 N–H and O–H groups in total. The SMILES string of the molecule is CNC1CCCN(C(=O)Cc2coc(-c3ccc(Cl)cc3)n2)C1. The van der Waals surface area contributed by atoms with Gasteiger partial charge < -0.3 is 14.6 Å². The maximum absolute atomic E-state index is 12.4. The van der Waals surface area contributed by atoms with Crippen LogP contribution >= 0.6 is 11.6 Å². The highest BCUT2D eigenvalue weighted by Gasteiger charge is 2.23. The zero-order chi connectivity index (χ0) is 16.2. The van der Waals surface area contributed by atoms with Crippen molar-refractivity contribution in [2.75, 3.05) is 20.1 Å². The lowest BCUT2D eigenvalue weighted by Crippen LogP contribution is -2.47. The molecule has 1 aliphatic rings. The normalized spacial score (nSPS) is 18.2. The molecule has 1 amide bonds. The van der Waals surface area contributed by atoms with Crippen LogP contribution in [0.2, 0.25) is 5.02 Å². The summed E-state index contributed by atoms with van der Waals surface area (Å²) in [6.07, 6.45) is 3.98. The topological polar surface area (TPSA) is 58.4 Å². The second kappa shape index (κ2) is 7.15. The van der Waals surface area contributed by atoms with E-state index in [1.54, 1.807) is 18.4 Å². The number of carbonyl (C=O) groups is 1. The molecule has 2 aromatic rings. The van der Waals surface area contributed by atoms with Gasteiger partial charge in [0, 0.05) is 29.7 Å². The summed E-state index contributed by atoms with van der Waals surface area (Å²) >= 11 is 5.88. The van der Waals surface area contributed by atoms with Gasteiger partial charge in [-0.05, 0) is 44.2 Å². The van der Waals surface area contributed by atoms with Gasteiger partial charge in [-0.25, -0.2) is 4.98 Å². The van der Waals surface area contributed by atoms with Gasteiger partial charge in [0.1, 0.15) is 6.26 Å². The van der Waals surface area contributed by atoms with Gasteiger partial charge in [-0.1, -0.05) is 11.6 Å². The second-order valence-electron chi connectivity index (χ2n) is 5.80. The fraction of sp³-hybridized carbons (Fsp3) is 0.412. The average Bonchev–Trinajstić information content (AvgIpc) is 3.04. The summed E-state index contributed by atoms with van der Waals surface area (Å²) in [6, 6.07) is 7.66. The van der Waals surface area contributed by atoms with Crippen molar-refractivity contribution in [2.45, 2.75) is 25.3 Å². The number of nitrogens with zero attached hydrogens (tertiary/aromatic N) is 2. The van der Waals surface area contributed by atoms with Crippen LogP contribution in [0.3, 0.4) is 0 Å². The van der Waals surface area contributed by atoms with Gasteiger partial charge in [0.25, 0.3) is 0 Å². The number of nitrogens with one attached hydrogen (secondary N) is 1. The molecule has 122 valence electrons. The third-order valence-electron chi connectivity index (χ3n) is 4.16. The number of piperidine rings is 1. The van der Waals surface area contributed by atoms with Crippen molar-refractivity contribution in [1.82, 2.24) is 15.2 Å². The Morgan fingerprint density at radius 3 is 2.96 bits per heavy atom. The van der Waals surface area contributed by atoms with E-state index < -0.39 is 0 Å². The first-order valence-corrected chi connectivity index (χ1v) is 8.19. The predicted molar refractivity (Wildman–Crippen MR) is 89.3 cm³/mol. The van der Waals surface area contributed by atoms with E-state index in [0.29, 0.717) is 22.6 Å². The summed E-state index contributed by atoms with van der Waals surface area (Å²) < 4.78 is 5.48. The Labute approximate surface area is 140 Å². The Morgan fingerprint density at radius 1 is 1.43 bits per heavy atom. The first kappa shape index (κ1) is 16.0. The lowest BCUT2D eigenvalue weighted by atomic mass is 10.1. The van der Waals surface area contributed by atoms with Crippen LogP contribution in [-0.2, 0) is 11.2 Å². The van der Waals surface area contributed by atoms with Crippen molar-refractivity contribution >= 4 is 17.5 Å². The van der Waals surface area contributed by atoms with E-state index in [1.165, 1.54) is 0 Å². The van der Waals surface area contributed by atoms with Gasteiger partial charge in [-0.15, -0.1) is 0 Å². The average molecular weight is 334 g/mol. The minimum absolute atomic E-state index is 0.0981. The van der Waals surface area contributed by atoms with E-state index in [-0.39, 0.29) is 12.3 Å². The van der Waals surface area contributed by atoms with Crippen LogP contribution in [-0.4, -0.2) is 42.0 Å². The van der Waals surface area contributed by atoms with Crippen LogP contribution < -0.4 is 5.32 Å². The summed E-state index contributed by atoms with van der Waals surface area (Å²) in [4.78, 5) is 18.7. The molecular weight excluding hydrogens is 314 g/mol. The third kappa shape index (κ3) is 3.92. The number of benzene rings is 1. The maximum atomic E-state index is 12.4. The number of amides is 1. The molecule has 6 heteroatoms. The summed E-state index contributed by atoms with van der Waals surface area (Å²) in [5.74, 6) is 0.608. The van der Waals surface area contributed by atoms with E-state index in [4.69, 9.17) is 16.0 Å². The highest BCUT2D eigenvalue weighted by Crippen LogP contribution is 2.21. The Hall–Kier alpha value is -1.85. The number of rotatable bonds is 4. The minimum atomic E-state index is 0.0981. The van der Waals surface area contributed by atoms with Crippen LogP contribution in [0.25, 0.3) is 11.5 Å². The molecule has 1 atom stereocenters. The number of hydrogen-bond acceptors (Lipinski definition) is 4. The molecule has 0 bridgehead atoms. The zero-order valence-corrected chi connectivity index (χ0v) is 13.8. The Kier molecular flexibility index (Phi) is 4.98. The largest absolute Gasteiger partial charge is 0.444 e. The van der Waals surface area contributed by atoms with Crippen molar-refractivity contribution in [2.24, 2.45) is 0 Å². The molecule has 1 fully saturated rings. The number of halogens is 1. The van der Waals surface area contributed by atoms with E-state index in [9.17, 15) is 4.79 Å². The molecule has 1 aromatic heterocycles. The summed E-state index contributed by atoms with van der Waals surface area (Å²) in [5.41, 5.74) is 1.51. The lowest BCUT2D eigenvalue weighted by molar-refractivity contribution is -0.131. The van der Waals surface area contributed by atoms with Crippen molar-refractivity contribution in [3.63, 3.8) is 0 Å². The predicted octanol–water partition coefficient (Wildman–Crippen LogP) is 2.75.